The predicted octanol–water partition coefficient (Wildman–Crippen LogP) is 5.64. The van der Waals surface area contributed by atoms with Crippen molar-refractivity contribution in [2.75, 3.05) is 33.9 Å². The van der Waals surface area contributed by atoms with E-state index in [2.05, 4.69) is 73.9 Å². The van der Waals surface area contributed by atoms with Gasteiger partial charge in [0.15, 0.2) is 0 Å². The Bertz CT molecular complexity index is 1460. The Morgan fingerprint density at radius 3 is 2.14 bits per heavy atom. The summed E-state index contributed by atoms with van der Waals surface area (Å²) in [6.45, 7) is 2.91. The number of benzene rings is 3. The summed E-state index contributed by atoms with van der Waals surface area (Å²) in [5, 5.41) is 10.1. The quantitative estimate of drug-likeness (QED) is 0.245. The summed E-state index contributed by atoms with van der Waals surface area (Å²) in [7, 11) is 3.34. The average Bonchev–Trinajstić information content (AvgIpc) is 3.66. The molecule has 2 aliphatic rings. The van der Waals surface area contributed by atoms with Crippen molar-refractivity contribution in [3.8, 4) is 11.4 Å². The Kier molecular flexibility index (Phi) is 10.9. The number of aromatic nitrogens is 4. The monoisotopic (exact) mass is 650 g/mol. The molecule has 236 valence electrons. The fraction of sp³-hybridized carbons (Fsp3) is 0.387. The van der Waals surface area contributed by atoms with Crippen LogP contribution in [0.5, 0.6) is 5.75 Å². The number of hydrogen-bond donors (Lipinski definition) is 0. The van der Waals surface area contributed by atoms with E-state index < -0.39 is 12.0 Å². The summed E-state index contributed by atoms with van der Waals surface area (Å²) >= 11 is 0. The zero-order valence-corrected chi connectivity index (χ0v) is 25.9. The summed E-state index contributed by atoms with van der Waals surface area (Å²) in [5.41, 5.74) is 3.48. The molecule has 4 aromatic rings. The Hall–Kier alpha value is -3.22. The molecule has 1 aromatic heterocycles. The van der Waals surface area contributed by atoms with Crippen LogP contribution >= 0.6 is 24.8 Å². The maximum Gasteiger partial charge on any atom is 0.453 e. The van der Waals surface area contributed by atoms with Crippen molar-refractivity contribution in [1.29, 1.82) is 0 Å². The lowest BCUT2D eigenvalue weighted by Gasteiger charge is -2.47. The second-order valence-corrected chi connectivity index (χ2v) is 10.9. The highest BCUT2D eigenvalue weighted by molar-refractivity contribution is 5.85. The van der Waals surface area contributed by atoms with Crippen LogP contribution in [0.25, 0.3) is 5.69 Å². The molecule has 0 aliphatic carbocycles. The molecule has 3 aromatic carbocycles. The highest BCUT2D eigenvalue weighted by Crippen LogP contribution is 2.39. The lowest BCUT2D eigenvalue weighted by Crippen LogP contribution is -2.58. The van der Waals surface area contributed by atoms with Crippen LogP contribution in [0.15, 0.2) is 78.9 Å². The minimum atomic E-state index is -4.68. The van der Waals surface area contributed by atoms with Gasteiger partial charge in [0.25, 0.3) is 5.82 Å². The number of hydrogen-bond acceptors (Lipinski definition) is 7. The van der Waals surface area contributed by atoms with E-state index in [4.69, 9.17) is 9.47 Å². The van der Waals surface area contributed by atoms with Gasteiger partial charge in [-0.25, -0.2) is 0 Å². The van der Waals surface area contributed by atoms with E-state index in [1.54, 1.807) is 26.4 Å². The van der Waals surface area contributed by atoms with Crippen LogP contribution in [0.2, 0.25) is 0 Å². The number of alkyl halides is 3. The second-order valence-electron chi connectivity index (χ2n) is 10.9. The molecule has 3 atom stereocenters. The molecule has 0 unspecified atom stereocenters. The normalized spacial score (nSPS) is 20.5. The second kappa shape index (κ2) is 14.3. The number of halogens is 5. The molecule has 3 heterocycles. The van der Waals surface area contributed by atoms with Gasteiger partial charge < -0.3 is 9.47 Å². The lowest BCUT2D eigenvalue weighted by atomic mass is 9.82. The first kappa shape index (κ1) is 33.7. The van der Waals surface area contributed by atoms with Gasteiger partial charge in [0.2, 0.25) is 0 Å². The lowest BCUT2D eigenvalue weighted by molar-refractivity contribution is -0.146. The Morgan fingerprint density at radius 1 is 0.886 bits per heavy atom. The van der Waals surface area contributed by atoms with Crippen LogP contribution in [0.4, 0.5) is 13.2 Å². The van der Waals surface area contributed by atoms with Crippen LogP contribution in [0.3, 0.4) is 0 Å². The number of tetrazole rings is 1. The minimum Gasteiger partial charge on any atom is -0.496 e. The molecule has 8 nitrogen and oxygen atoms in total. The number of fused-ring (bicyclic) bond motifs is 1. The maximum absolute atomic E-state index is 13.6. The van der Waals surface area contributed by atoms with Crippen LogP contribution < -0.4 is 4.74 Å². The maximum atomic E-state index is 13.6. The molecule has 2 fully saturated rings. The predicted molar refractivity (Wildman–Crippen MR) is 165 cm³/mol. The molecule has 6 rings (SSSR count). The summed E-state index contributed by atoms with van der Waals surface area (Å²) in [6, 6.07) is 26.5. The summed E-state index contributed by atoms with van der Waals surface area (Å²) in [4.78, 5) is 4.98. The third-order valence-electron chi connectivity index (χ3n) is 8.42. The highest BCUT2D eigenvalue weighted by atomic mass is 35.5. The molecule has 0 amide bonds. The van der Waals surface area contributed by atoms with E-state index in [0.29, 0.717) is 12.3 Å². The van der Waals surface area contributed by atoms with Crippen LogP contribution in [0, 0.1) is 0 Å². The van der Waals surface area contributed by atoms with E-state index in [0.717, 1.165) is 36.3 Å². The van der Waals surface area contributed by atoms with E-state index in [9.17, 15) is 13.2 Å². The van der Waals surface area contributed by atoms with Crippen LogP contribution in [0.1, 0.15) is 34.9 Å². The SMILES string of the molecule is COc1ccc(-n2nnnc2C(F)(F)F)cc1CN1C[C@@H]2C[C@@H](OC)CN2[C@@H](C(c2ccccc2)c2ccccc2)C1.Cl.Cl. The number of rotatable bonds is 8. The zero-order valence-electron chi connectivity index (χ0n) is 24.3. The van der Waals surface area contributed by atoms with Gasteiger partial charge in [-0.15, -0.1) is 29.9 Å². The number of methoxy groups -OCH3 is 2. The smallest absolute Gasteiger partial charge is 0.453 e. The third kappa shape index (κ3) is 6.87. The molecule has 2 saturated heterocycles. The number of ether oxygens (including phenoxy) is 2. The fourth-order valence-electron chi connectivity index (χ4n) is 6.58. The Labute approximate surface area is 267 Å². The van der Waals surface area contributed by atoms with E-state index in [1.807, 2.05) is 12.1 Å². The first-order chi connectivity index (χ1) is 20.4. The largest absolute Gasteiger partial charge is 0.496 e. The molecule has 44 heavy (non-hydrogen) atoms. The molecule has 0 radical (unpaired) electrons. The molecule has 0 bridgehead atoms. The van der Waals surface area contributed by atoms with Gasteiger partial charge in [-0.1, -0.05) is 60.7 Å². The van der Waals surface area contributed by atoms with Crippen LogP contribution in [-0.2, 0) is 17.5 Å². The molecular formula is C31H35Cl2F3N6O2. The van der Waals surface area contributed by atoms with Gasteiger partial charge in [-0.05, 0) is 46.2 Å². The van der Waals surface area contributed by atoms with Crippen molar-refractivity contribution in [3.63, 3.8) is 0 Å². The molecule has 13 heteroatoms. The molecular weight excluding hydrogens is 616 g/mol. The first-order valence-electron chi connectivity index (χ1n) is 14.0. The van der Waals surface area contributed by atoms with Crippen LogP contribution in [-0.4, -0.2) is 82.0 Å². The van der Waals surface area contributed by atoms with E-state index >= 15 is 0 Å². The van der Waals surface area contributed by atoms with Crippen molar-refractivity contribution in [2.45, 2.75) is 43.2 Å². The fourth-order valence-corrected chi connectivity index (χ4v) is 6.58. The average molecular weight is 652 g/mol. The van der Waals surface area contributed by atoms with E-state index in [1.165, 1.54) is 17.2 Å². The zero-order chi connectivity index (χ0) is 29.3. The van der Waals surface area contributed by atoms with Gasteiger partial charge in [-0.3, -0.25) is 9.80 Å². The summed E-state index contributed by atoms with van der Waals surface area (Å²) in [5.74, 6) is -0.447. The molecule has 0 saturated carbocycles. The van der Waals surface area contributed by atoms with Gasteiger partial charge in [0.05, 0.1) is 18.9 Å². The summed E-state index contributed by atoms with van der Waals surface area (Å²) in [6.07, 6.45) is -3.63. The third-order valence-corrected chi connectivity index (χ3v) is 8.42. The van der Waals surface area contributed by atoms with Crippen molar-refractivity contribution >= 4 is 24.8 Å². The van der Waals surface area contributed by atoms with Gasteiger partial charge in [0, 0.05) is 56.9 Å². The molecule has 0 spiro atoms. The number of piperazine rings is 1. The van der Waals surface area contributed by atoms with Crippen molar-refractivity contribution in [3.05, 3.63) is 101 Å². The standard InChI is InChI=1S/C31H33F3N6O2.2ClH/c1-41-26-16-25-18-38(17-23-15-24(13-14-28(23)42-2)40-30(31(32,33)34)35-36-37-40)20-27(39(25)19-26)29(21-9-5-3-6-10-21)22-11-7-4-8-12-22;;/h3-15,25-27,29H,16-20H2,1-2H3;2*1H/t25-,26+,27+;;/m0../s1. The van der Waals surface area contributed by atoms with Crippen molar-refractivity contribution in [2.24, 2.45) is 0 Å². The van der Waals surface area contributed by atoms with Crippen molar-refractivity contribution < 1.29 is 22.6 Å². The summed E-state index contributed by atoms with van der Waals surface area (Å²) < 4.78 is 52.9. The Morgan fingerprint density at radius 2 is 1.55 bits per heavy atom. The van der Waals surface area contributed by atoms with Gasteiger partial charge >= 0.3 is 6.18 Å². The van der Waals surface area contributed by atoms with E-state index in [-0.39, 0.29) is 54.6 Å². The van der Waals surface area contributed by atoms with Gasteiger partial charge in [-0.2, -0.15) is 17.9 Å². The first-order valence-corrected chi connectivity index (χ1v) is 14.0. The highest BCUT2D eigenvalue weighted by Gasteiger charge is 2.45. The van der Waals surface area contributed by atoms with Gasteiger partial charge in [0.1, 0.15) is 5.75 Å². The number of nitrogens with zero attached hydrogens (tertiary/aromatic N) is 6. The minimum absolute atomic E-state index is 0. The Balaban J connectivity index is 0.00000221. The molecule has 2 aliphatic heterocycles. The van der Waals surface area contributed by atoms with Crippen molar-refractivity contribution in [1.82, 2.24) is 30.0 Å². The topological polar surface area (TPSA) is 68.5 Å². The molecule has 0 N–H and O–H groups in total.